The number of aromatic amines is 1. The Bertz CT molecular complexity index is 824. The number of esters is 1. The first-order valence-corrected chi connectivity index (χ1v) is 6.90. The number of rotatable bonds is 4. The Kier molecular flexibility index (Phi) is 3.78. The van der Waals surface area contributed by atoms with Gasteiger partial charge in [0.05, 0.1) is 30.8 Å². The molecule has 0 atom stereocenters. The van der Waals surface area contributed by atoms with E-state index in [-0.39, 0.29) is 5.97 Å². The van der Waals surface area contributed by atoms with Crippen LogP contribution in [0, 0.1) is 0 Å². The first-order chi connectivity index (χ1) is 10.7. The third-order valence-electron chi connectivity index (χ3n) is 3.50. The van der Waals surface area contributed by atoms with Gasteiger partial charge in [-0.1, -0.05) is 18.2 Å². The van der Waals surface area contributed by atoms with Gasteiger partial charge < -0.3 is 14.5 Å². The van der Waals surface area contributed by atoms with E-state index in [1.54, 1.807) is 19.2 Å². The Morgan fingerprint density at radius 2 is 2.00 bits per heavy atom. The summed E-state index contributed by atoms with van der Waals surface area (Å²) in [6, 6.07) is 13.1. The summed E-state index contributed by atoms with van der Waals surface area (Å²) >= 11 is 0. The molecule has 0 fully saturated rings. The molecule has 3 aromatic rings. The Morgan fingerprint density at radius 3 is 2.77 bits per heavy atom. The SMILES string of the molecule is COC(=O)c1ccc2nc(Cc3ccccc3OC)[nH]c2c1. The molecule has 2 aromatic carbocycles. The summed E-state index contributed by atoms with van der Waals surface area (Å²) in [7, 11) is 3.02. The molecule has 0 bridgehead atoms. The highest BCUT2D eigenvalue weighted by Crippen LogP contribution is 2.22. The second-order valence-corrected chi connectivity index (χ2v) is 4.90. The van der Waals surface area contributed by atoms with Gasteiger partial charge >= 0.3 is 5.97 Å². The van der Waals surface area contributed by atoms with Crippen molar-refractivity contribution < 1.29 is 14.3 Å². The number of nitrogens with zero attached hydrogens (tertiary/aromatic N) is 1. The lowest BCUT2D eigenvalue weighted by molar-refractivity contribution is 0.0601. The second kappa shape index (κ2) is 5.89. The minimum absolute atomic E-state index is 0.359. The van der Waals surface area contributed by atoms with Crippen LogP contribution in [-0.4, -0.2) is 30.2 Å². The number of fused-ring (bicyclic) bond motifs is 1. The van der Waals surface area contributed by atoms with E-state index in [0.717, 1.165) is 28.2 Å². The number of imidazole rings is 1. The Morgan fingerprint density at radius 1 is 1.18 bits per heavy atom. The van der Waals surface area contributed by atoms with Crippen molar-refractivity contribution in [2.24, 2.45) is 0 Å². The second-order valence-electron chi connectivity index (χ2n) is 4.90. The third kappa shape index (κ3) is 2.65. The molecule has 0 aliphatic heterocycles. The van der Waals surface area contributed by atoms with Crippen LogP contribution in [0.1, 0.15) is 21.7 Å². The first-order valence-electron chi connectivity index (χ1n) is 6.90. The third-order valence-corrected chi connectivity index (χ3v) is 3.50. The van der Waals surface area contributed by atoms with E-state index in [9.17, 15) is 4.79 Å². The summed E-state index contributed by atoms with van der Waals surface area (Å²) in [5.41, 5.74) is 3.19. The molecule has 1 heterocycles. The number of benzene rings is 2. The number of hydrogen-bond acceptors (Lipinski definition) is 4. The molecule has 22 heavy (non-hydrogen) atoms. The molecule has 112 valence electrons. The molecule has 0 unspecified atom stereocenters. The van der Waals surface area contributed by atoms with Gasteiger partial charge in [0, 0.05) is 12.0 Å². The molecule has 0 saturated heterocycles. The molecule has 0 aliphatic carbocycles. The number of methoxy groups -OCH3 is 2. The number of nitrogens with one attached hydrogen (secondary N) is 1. The van der Waals surface area contributed by atoms with Gasteiger partial charge in [-0.05, 0) is 24.3 Å². The zero-order valence-electron chi connectivity index (χ0n) is 12.4. The van der Waals surface area contributed by atoms with Gasteiger partial charge in [-0.15, -0.1) is 0 Å². The van der Waals surface area contributed by atoms with Crippen molar-refractivity contribution in [1.82, 2.24) is 9.97 Å². The smallest absolute Gasteiger partial charge is 0.337 e. The maximum Gasteiger partial charge on any atom is 0.337 e. The number of hydrogen-bond donors (Lipinski definition) is 1. The number of carbonyl (C=O) groups is 1. The molecule has 0 radical (unpaired) electrons. The molecule has 5 nitrogen and oxygen atoms in total. The molecule has 5 heteroatoms. The van der Waals surface area contributed by atoms with Crippen molar-refractivity contribution in [3.8, 4) is 5.75 Å². The normalized spacial score (nSPS) is 10.6. The number of ether oxygens (including phenoxy) is 2. The molecule has 0 saturated carbocycles. The minimum Gasteiger partial charge on any atom is -0.496 e. The average molecular weight is 296 g/mol. The van der Waals surface area contributed by atoms with Gasteiger partial charge in [0.1, 0.15) is 11.6 Å². The summed E-state index contributed by atoms with van der Waals surface area (Å²) < 4.78 is 10.1. The Labute approximate surface area is 127 Å². The van der Waals surface area contributed by atoms with Gasteiger partial charge in [-0.3, -0.25) is 0 Å². The fraction of sp³-hybridized carbons (Fsp3) is 0.176. The van der Waals surface area contributed by atoms with Crippen molar-refractivity contribution in [2.45, 2.75) is 6.42 Å². The minimum atomic E-state index is -0.359. The van der Waals surface area contributed by atoms with E-state index < -0.39 is 0 Å². The number of aromatic nitrogens is 2. The lowest BCUT2D eigenvalue weighted by Crippen LogP contribution is -2.00. The van der Waals surface area contributed by atoms with E-state index in [1.807, 2.05) is 30.3 Å². The molecule has 3 rings (SSSR count). The summed E-state index contributed by atoms with van der Waals surface area (Å²) in [6.45, 7) is 0. The van der Waals surface area contributed by atoms with Crippen LogP contribution in [0.2, 0.25) is 0 Å². The van der Waals surface area contributed by atoms with Crippen molar-refractivity contribution in [1.29, 1.82) is 0 Å². The predicted molar refractivity (Wildman–Crippen MR) is 83.2 cm³/mol. The molecular weight excluding hydrogens is 280 g/mol. The highest BCUT2D eigenvalue weighted by molar-refractivity contribution is 5.93. The molecule has 1 N–H and O–H groups in total. The van der Waals surface area contributed by atoms with E-state index in [0.29, 0.717) is 12.0 Å². The fourth-order valence-electron chi connectivity index (χ4n) is 2.42. The summed E-state index contributed by atoms with van der Waals surface area (Å²) in [5.74, 6) is 1.29. The molecule has 1 aromatic heterocycles. The van der Waals surface area contributed by atoms with Gasteiger partial charge in [-0.2, -0.15) is 0 Å². The maximum absolute atomic E-state index is 11.6. The van der Waals surface area contributed by atoms with Crippen LogP contribution in [0.4, 0.5) is 0 Å². The van der Waals surface area contributed by atoms with Crippen molar-refractivity contribution in [3.05, 3.63) is 59.4 Å². The van der Waals surface area contributed by atoms with E-state index in [4.69, 9.17) is 9.47 Å². The molecule has 0 spiro atoms. The lowest BCUT2D eigenvalue weighted by Gasteiger charge is -2.05. The standard InChI is InChI=1S/C17H16N2O3/c1-21-15-6-4-3-5-11(15)10-16-18-13-8-7-12(17(20)22-2)9-14(13)19-16/h3-9H,10H2,1-2H3,(H,18,19). The van der Waals surface area contributed by atoms with Gasteiger partial charge in [0.25, 0.3) is 0 Å². The quantitative estimate of drug-likeness (QED) is 0.752. The first kappa shape index (κ1) is 14.1. The van der Waals surface area contributed by atoms with Gasteiger partial charge in [0.15, 0.2) is 0 Å². The van der Waals surface area contributed by atoms with Crippen LogP contribution in [-0.2, 0) is 11.2 Å². The highest BCUT2D eigenvalue weighted by atomic mass is 16.5. The summed E-state index contributed by atoms with van der Waals surface area (Å²) in [5, 5.41) is 0. The van der Waals surface area contributed by atoms with Gasteiger partial charge in [-0.25, -0.2) is 9.78 Å². The van der Waals surface area contributed by atoms with Gasteiger partial charge in [0.2, 0.25) is 0 Å². The maximum atomic E-state index is 11.6. The lowest BCUT2D eigenvalue weighted by atomic mass is 10.1. The fourth-order valence-corrected chi connectivity index (χ4v) is 2.42. The van der Waals surface area contributed by atoms with E-state index >= 15 is 0 Å². The van der Waals surface area contributed by atoms with Crippen LogP contribution in [0.5, 0.6) is 5.75 Å². The Hall–Kier alpha value is -2.82. The van der Waals surface area contributed by atoms with Crippen molar-refractivity contribution in [2.75, 3.05) is 14.2 Å². The van der Waals surface area contributed by atoms with Crippen LogP contribution in [0.25, 0.3) is 11.0 Å². The number of H-pyrrole nitrogens is 1. The zero-order valence-corrected chi connectivity index (χ0v) is 12.4. The predicted octanol–water partition coefficient (Wildman–Crippen LogP) is 2.95. The van der Waals surface area contributed by atoms with E-state index in [2.05, 4.69) is 9.97 Å². The van der Waals surface area contributed by atoms with Crippen LogP contribution < -0.4 is 4.74 Å². The molecular formula is C17H16N2O3. The summed E-state index contributed by atoms with van der Waals surface area (Å²) in [6.07, 6.45) is 0.631. The van der Waals surface area contributed by atoms with Crippen LogP contribution in [0.15, 0.2) is 42.5 Å². The highest BCUT2D eigenvalue weighted by Gasteiger charge is 2.10. The molecule has 0 aliphatic rings. The van der Waals surface area contributed by atoms with E-state index in [1.165, 1.54) is 7.11 Å². The zero-order chi connectivity index (χ0) is 15.5. The molecule has 0 amide bonds. The monoisotopic (exact) mass is 296 g/mol. The Balaban J connectivity index is 1.93. The van der Waals surface area contributed by atoms with Crippen molar-refractivity contribution in [3.63, 3.8) is 0 Å². The largest absolute Gasteiger partial charge is 0.496 e. The number of para-hydroxylation sites is 1. The number of carbonyl (C=O) groups excluding carboxylic acids is 1. The van der Waals surface area contributed by atoms with Crippen molar-refractivity contribution >= 4 is 17.0 Å². The topological polar surface area (TPSA) is 64.2 Å². The van der Waals surface area contributed by atoms with Crippen LogP contribution >= 0.6 is 0 Å². The average Bonchev–Trinajstić information content (AvgIpc) is 2.95. The van der Waals surface area contributed by atoms with Crippen LogP contribution in [0.3, 0.4) is 0 Å². The summed E-state index contributed by atoms with van der Waals surface area (Å²) in [4.78, 5) is 19.4.